The zero-order valence-corrected chi connectivity index (χ0v) is 9.51. The third-order valence-corrected chi connectivity index (χ3v) is 3.16. The van der Waals surface area contributed by atoms with Gasteiger partial charge in [-0.2, -0.15) is 0 Å². The van der Waals surface area contributed by atoms with E-state index in [9.17, 15) is 8.42 Å². The Morgan fingerprint density at radius 2 is 2.07 bits per heavy atom. The monoisotopic (exact) mass is 225 g/mol. The van der Waals surface area contributed by atoms with Gasteiger partial charge in [-0.05, 0) is 13.3 Å². The summed E-state index contributed by atoms with van der Waals surface area (Å²) in [5, 5.41) is 8.80. The average molecular weight is 225 g/mol. The molecule has 0 aliphatic carbocycles. The molecule has 0 rings (SSSR count). The Morgan fingerprint density at radius 3 is 2.50 bits per heavy atom. The lowest BCUT2D eigenvalue weighted by Crippen LogP contribution is -2.39. The first kappa shape index (κ1) is 13.8. The molecule has 0 heterocycles. The van der Waals surface area contributed by atoms with Crippen LogP contribution in [0.5, 0.6) is 0 Å². The molecular formula is C8H19NO4S. The molecule has 0 saturated carbocycles. The van der Waals surface area contributed by atoms with Gasteiger partial charge in [0.2, 0.25) is 10.0 Å². The fraction of sp³-hybridized carbons (Fsp3) is 1.00. The molecule has 2 N–H and O–H groups in total. The van der Waals surface area contributed by atoms with Crippen molar-refractivity contribution in [3.8, 4) is 0 Å². The highest BCUT2D eigenvalue weighted by molar-refractivity contribution is 7.89. The van der Waals surface area contributed by atoms with Gasteiger partial charge in [-0.15, -0.1) is 0 Å². The molecule has 0 aromatic carbocycles. The van der Waals surface area contributed by atoms with Crippen molar-refractivity contribution in [1.82, 2.24) is 4.72 Å². The number of aliphatic hydroxyl groups is 1. The Balaban J connectivity index is 3.93. The first-order valence-corrected chi connectivity index (χ1v) is 6.39. The van der Waals surface area contributed by atoms with E-state index in [0.717, 1.165) is 0 Å². The molecule has 0 aliphatic heterocycles. The standard InChI is InChI=1S/C8H19NO4S/c1-3-8(7-10)9-14(11,12)6-5-13-4-2/h8-10H,3-7H2,1-2H3. The van der Waals surface area contributed by atoms with Crippen molar-refractivity contribution >= 4 is 10.0 Å². The molecule has 0 bridgehead atoms. The maximum absolute atomic E-state index is 11.3. The molecule has 1 unspecified atom stereocenters. The SMILES string of the molecule is CCOCCS(=O)(=O)NC(CC)CO. The van der Waals surface area contributed by atoms with Gasteiger partial charge in [-0.25, -0.2) is 13.1 Å². The Bertz CT molecular complexity index is 223. The topological polar surface area (TPSA) is 75.6 Å². The highest BCUT2D eigenvalue weighted by Gasteiger charge is 2.15. The van der Waals surface area contributed by atoms with Crippen molar-refractivity contribution in [2.24, 2.45) is 0 Å². The minimum absolute atomic E-state index is 0.0582. The van der Waals surface area contributed by atoms with Gasteiger partial charge in [0.25, 0.3) is 0 Å². The Hall–Kier alpha value is -0.170. The fourth-order valence-corrected chi connectivity index (χ4v) is 2.08. The van der Waals surface area contributed by atoms with Crippen molar-refractivity contribution in [2.75, 3.05) is 25.6 Å². The highest BCUT2D eigenvalue weighted by Crippen LogP contribution is 1.94. The second kappa shape index (κ2) is 7.17. The predicted molar refractivity (Wildman–Crippen MR) is 54.6 cm³/mol. The molecule has 0 aromatic heterocycles. The van der Waals surface area contributed by atoms with Crippen LogP contribution < -0.4 is 4.72 Å². The first-order valence-electron chi connectivity index (χ1n) is 4.74. The molecule has 0 spiro atoms. The molecule has 0 saturated heterocycles. The van der Waals surface area contributed by atoms with E-state index in [4.69, 9.17) is 9.84 Å². The molecule has 6 heteroatoms. The van der Waals surface area contributed by atoms with Gasteiger partial charge in [0, 0.05) is 12.6 Å². The molecule has 0 fully saturated rings. The van der Waals surface area contributed by atoms with Crippen LogP contribution in [0.15, 0.2) is 0 Å². The summed E-state index contributed by atoms with van der Waals surface area (Å²) in [6.45, 7) is 4.14. The van der Waals surface area contributed by atoms with Gasteiger partial charge < -0.3 is 9.84 Å². The zero-order chi connectivity index (χ0) is 11.0. The summed E-state index contributed by atoms with van der Waals surface area (Å²) in [5.41, 5.74) is 0. The normalized spacial score (nSPS) is 14.2. The summed E-state index contributed by atoms with van der Waals surface area (Å²) in [6, 6.07) is -0.387. The minimum Gasteiger partial charge on any atom is -0.395 e. The summed E-state index contributed by atoms with van der Waals surface area (Å²) >= 11 is 0. The van der Waals surface area contributed by atoms with Crippen LogP contribution in [0.1, 0.15) is 20.3 Å². The molecule has 14 heavy (non-hydrogen) atoms. The number of rotatable bonds is 8. The fourth-order valence-electron chi connectivity index (χ4n) is 0.876. The Kier molecular flexibility index (Phi) is 7.08. The molecule has 86 valence electrons. The third-order valence-electron chi connectivity index (χ3n) is 1.76. The van der Waals surface area contributed by atoms with E-state index in [1.165, 1.54) is 0 Å². The van der Waals surface area contributed by atoms with Gasteiger partial charge in [0.1, 0.15) is 0 Å². The van der Waals surface area contributed by atoms with Crippen LogP contribution >= 0.6 is 0 Å². The largest absolute Gasteiger partial charge is 0.395 e. The second-order valence-electron chi connectivity index (χ2n) is 2.92. The van der Waals surface area contributed by atoms with Crippen LogP contribution in [0.4, 0.5) is 0 Å². The van der Waals surface area contributed by atoms with Gasteiger partial charge >= 0.3 is 0 Å². The number of hydrogen-bond acceptors (Lipinski definition) is 4. The summed E-state index contributed by atoms with van der Waals surface area (Å²) in [6.07, 6.45) is 0.574. The highest BCUT2D eigenvalue weighted by atomic mass is 32.2. The quantitative estimate of drug-likeness (QED) is 0.557. The van der Waals surface area contributed by atoms with E-state index in [1.54, 1.807) is 0 Å². The Labute approximate surface area is 85.5 Å². The van der Waals surface area contributed by atoms with Crippen LogP contribution in [0.3, 0.4) is 0 Å². The van der Waals surface area contributed by atoms with Crippen LogP contribution in [-0.2, 0) is 14.8 Å². The van der Waals surface area contributed by atoms with Crippen LogP contribution in [0.2, 0.25) is 0 Å². The van der Waals surface area contributed by atoms with Gasteiger partial charge in [0.15, 0.2) is 0 Å². The van der Waals surface area contributed by atoms with E-state index in [-0.39, 0.29) is 25.0 Å². The van der Waals surface area contributed by atoms with E-state index in [0.29, 0.717) is 13.0 Å². The molecule has 0 aliphatic rings. The Morgan fingerprint density at radius 1 is 1.43 bits per heavy atom. The maximum atomic E-state index is 11.3. The average Bonchev–Trinajstić information content (AvgIpc) is 2.14. The molecular weight excluding hydrogens is 206 g/mol. The molecule has 5 nitrogen and oxygen atoms in total. The van der Waals surface area contributed by atoms with Gasteiger partial charge in [-0.3, -0.25) is 0 Å². The summed E-state index contributed by atoms with van der Waals surface area (Å²) in [5.74, 6) is -0.0582. The second-order valence-corrected chi connectivity index (χ2v) is 4.79. The zero-order valence-electron chi connectivity index (χ0n) is 8.69. The number of ether oxygens (including phenoxy) is 1. The lowest BCUT2D eigenvalue weighted by atomic mass is 10.3. The molecule has 0 amide bonds. The third kappa shape index (κ3) is 6.31. The smallest absolute Gasteiger partial charge is 0.214 e. The number of nitrogens with one attached hydrogen (secondary N) is 1. The predicted octanol–water partition coefficient (Wildman–Crippen LogP) is -0.287. The summed E-state index contributed by atoms with van der Waals surface area (Å²) in [7, 11) is -3.31. The minimum atomic E-state index is -3.31. The van der Waals surface area contributed by atoms with Crippen molar-refractivity contribution in [1.29, 1.82) is 0 Å². The first-order chi connectivity index (χ1) is 6.55. The van der Waals surface area contributed by atoms with Crippen LogP contribution in [-0.4, -0.2) is 45.1 Å². The van der Waals surface area contributed by atoms with E-state index in [2.05, 4.69) is 4.72 Å². The number of aliphatic hydroxyl groups excluding tert-OH is 1. The molecule has 1 atom stereocenters. The summed E-state index contributed by atoms with van der Waals surface area (Å²) < 4.78 is 30.0. The van der Waals surface area contributed by atoms with E-state index in [1.807, 2.05) is 13.8 Å². The number of sulfonamides is 1. The van der Waals surface area contributed by atoms with Gasteiger partial charge in [-0.1, -0.05) is 6.92 Å². The molecule has 0 radical (unpaired) electrons. The van der Waals surface area contributed by atoms with E-state index >= 15 is 0 Å². The number of hydrogen-bond donors (Lipinski definition) is 2. The lowest BCUT2D eigenvalue weighted by molar-refractivity contribution is 0.163. The van der Waals surface area contributed by atoms with Gasteiger partial charge in [0.05, 0.1) is 19.0 Å². The van der Waals surface area contributed by atoms with Crippen molar-refractivity contribution in [3.63, 3.8) is 0 Å². The van der Waals surface area contributed by atoms with Crippen LogP contribution in [0.25, 0.3) is 0 Å². The summed E-state index contributed by atoms with van der Waals surface area (Å²) in [4.78, 5) is 0. The van der Waals surface area contributed by atoms with E-state index < -0.39 is 10.0 Å². The lowest BCUT2D eigenvalue weighted by Gasteiger charge is -2.13. The molecule has 0 aromatic rings. The van der Waals surface area contributed by atoms with Crippen molar-refractivity contribution < 1.29 is 18.3 Å². The van der Waals surface area contributed by atoms with Crippen LogP contribution in [0, 0.1) is 0 Å². The maximum Gasteiger partial charge on any atom is 0.214 e. The van der Waals surface area contributed by atoms with Crippen molar-refractivity contribution in [3.05, 3.63) is 0 Å². The van der Waals surface area contributed by atoms with Crippen molar-refractivity contribution in [2.45, 2.75) is 26.3 Å².